The molecule has 0 aliphatic carbocycles. The number of anilines is 1. The van der Waals surface area contributed by atoms with E-state index in [0.717, 1.165) is 0 Å². The number of halogens is 2. The van der Waals surface area contributed by atoms with E-state index in [1.165, 1.54) is 35.0 Å². The molecule has 3 aromatic rings. The van der Waals surface area contributed by atoms with Gasteiger partial charge in [-0.15, -0.1) is 0 Å². The Hall–Kier alpha value is -3.85. The Morgan fingerprint density at radius 2 is 2.10 bits per heavy atom. The molecular weight excluding hydrogens is 575 g/mol. The lowest BCUT2D eigenvalue weighted by atomic mass is 10.0. The van der Waals surface area contributed by atoms with Crippen molar-refractivity contribution in [2.75, 3.05) is 11.9 Å². The number of Topliss-reactive ketones (excluding diaryl/α,β-unsaturated/α-hetero) is 1. The van der Waals surface area contributed by atoms with E-state index in [0.29, 0.717) is 21.1 Å². The number of nitrogens with one attached hydrogen (secondary N) is 2. The molecule has 0 spiro atoms. The van der Waals surface area contributed by atoms with Crippen molar-refractivity contribution in [3.8, 4) is 0 Å². The summed E-state index contributed by atoms with van der Waals surface area (Å²) < 4.78 is 16.3. The Kier molecular flexibility index (Phi) is 7.11. The molecule has 2 amide bonds. The number of alkyl halides is 1. The Balaban J connectivity index is 1.42. The van der Waals surface area contributed by atoms with Gasteiger partial charge in [0.2, 0.25) is 11.8 Å². The van der Waals surface area contributed by atoms with Gasteiger partial charge in [-0.1, -0.05) is 6.07 Å². The van der Waals surface area contributed by atoms with Crippen LogP contribution >= 0.6 is 15.9 Å². The van der Waals surface area contributed by atoms with E-state index in [1.807, 2.05) is 0 Å². The molecule has 4 atom stereocenters. The summed E-state index contributed by atoms with van der Waals surface area (Å²) in [6.45, 7) is 0.730. The number of allylic oxidation sites excluding steroid dienone is 1. The summed E-state index contributed by atoms with van der Waals surface area (Å²) in [5.74, 6) is -2.86. The van der Waals surface area contributed by atoms with E-state index in [1.54, 1.807) is 36.4 Å². The number of amides is 2. The number of hydrogen-bond acceptors (Lipinski definition) is 8. The lowest BCUT2D eigenvalue weighted by molar-refractivity contribution is -0.862. The quantitative estimate of drug-likeness (QED) is 0.217. The first-order chi connectivity index (χ1) is 18.6. The van der Waals surface area contributed by atoms with Gasteiger partial charge in [-0.3, -0.25) is 24.8 Å². The number of hydroxylamine groups is 2. The van der Waals surface area contributed by atoms with Crippen LogP contribution in [0.2, 0.25) is 0 Å². The van der Waals surface area contributed by atoms with Crippen molar-refractivity contribution >= 4 is 56.5 Å². The molecule has 4 N–H and O–H groups in total. The highest BCUT2D eigenvalue weighted by atomic mass is 79.9. The number of nitrogens with zero attached hydrogens (tertiary/aromatic N) is 5. The lowest BCUT2D eigenvalue weighted by Crippen LogP contribution is -3.13. The van der Waals surface area contributed by atoms with Gasteiger partial charge < -0.3 is 20.5 Å². The van der Waals surface area contributed by atoms with Crippen molar-refractivity contribution in [2.45, 2.75) is 37.9 Å². The summed E-state index contributed by atoms with van der Waals surface area (Å²) >= 11 is 3.23. The number of pyridine rings is 1. The fourth-order valence-electron chi connectivity index (χ4n) is 4.71. The van der Waals surface area contributed by atoms with E-state index in [2.05, 4.69) is 36.3 Å². The Bertz CT molecular complexity index is 1540. The maximum atomic E-state index is 14.4. The number of likely N-dealkylation sites (tertiary alicyclic amines) is 1. The molecule has 0 radical (unpaired) electrons. The summed E-state index contributed by atoms with van der Waals surface area (Å²) in [7, 11) is 0. The van der Waals surface area contributed by atoms with Gasteiger partial charge in [-0.05, 0) is 46.3 Å². The van der Waals surface area contributed by atoms with Gasteiger partial charge in [-0.2, -0.15) is 5.10 Å². The second-order valence-electron chi connectivity index (χ2n) is 9.29. The summed E-state index contributed by atoms with van der Waals surface area (Å²) in [5, 5.41) is 19.4. The van der Waals surface area contributed by atoms with Crippen LogP contribution in [0.4, 0.5) is 10.2 Å². The molecule has 39 heavy (non-hydrogen) atoms. The van der Waals surface area contributed by atoms with Crippen LogP contribution in [0.15, 0.2) is 58.3 Å². The number of quaternary nitrogens is 1. The molecule has 1 saturated heterocycles. The first kappa shape index (κ1) is 26.7. The third-order valence-corrected chi connectivity index (χ3v) is 7.08. The number of rotatable bonds is 6. The van der Waals surface area contributed by atoms with Gasteiger partial charge in [0.1, 0.15) is 34.9 Å². The molecule has 202 valence electrons. The number of hydrogen-bond donors (Lipinski definition) is 3. The van der Waals surface area contributed by atoms with Crippen molar-refractivity contribution in [1.82, 2.24) is 19.7 Å². The van der Waals surface area contributed by atoms with Gasteiger partial charge in [-0.25, -0.2) is 14.4 Å². The number of nitrogens with two attached hydrogens (primary N) is 1. The van der Waals surface area contributed by atoms with Crippen molar-refractivity contribution < 1.29 is 23.8 Å². The fraction of sp³-hybridized carbons (Fsp3) is 0.280. The number of aromatic nitrogens is 3. The number of carbonyl (C=O) groups excluding carboxylic acids is 3. The van der Waals surface area contributed by atoms with Crippen LogP contribution < -0.4 is 16.1 Å². The first-order valence-electron chi connectivity index (χ1n) is 12.0. The average Bonchev–Trinajstić information content (AvgIpc) is 3.46. The Labute approximate surface area is 230 Å². The molecule has 2 aliphatic rings. The minimum atomic E-state index is -1.65. The maximum Gasteiger partial charge on any atom is 0.277 e. The van der Waals surface area contributed by atoms with Gasteiger partial charge >= 0.3 is 0 Å². The molecule has 2 aromatic heterocycles. The summed E-state index contributed by atoms with van der Waals surface area (Å²) in [4.78, 5) is 48.1. The van der Waals surface area contributed by atoms with Crippen LogP contribution in [-0.4, -0.2) is 62.2 Å². The van der Waals surface area contributed by atoms with Crippen molar-refractivity contribution in [2.24, 2.45) is 10.7 Å². The van der Waals surface area contributed by atoms with Gasteiger partial charge in [0.25, 0.3) is 5.79 Å². The number of benzene rings is 1. The molecule has 12 nitrogen and oxygen atoms in total. The SMILES string of the molecule is CC(=O)c1nn(CC(=O)N2C[C@H](F)C[C@H]2C(=O)Nc2cccc(Br)n2)c2ccc(C3(N)N=CC=C[NH+]3[O-])cc12. The van der Waals surface area contributed by atoms with Crippen molar-refractivity contribution in [3.63, 3.8) is 0 Å². The summed E-state index contributed by atoms with van der Waals surface area (Å²) in [6.07, 6.45) is 2.69. The molecule has 0 bridgehead atoms. The minimum absolute atomic E-state index is 0.0749. The molecule has 4 heterocycles. The molecule has 0 saturated carbocycles. The first-order valence-corrected chi connectivity index (χ1v) is 12.8. The zero-order valence-electron chi connectivity index (χ0n) is 20.7. The monoisotopic (exact) mass is 598 g/mol. The molecule has 14 heteroatoms. The second-order valence-corrected chi connectivity index (χ2v) is 10.1. The molecule has 1 fully saturated rings. The largest absolute Gasteiger partial charge is 0.626 e. The van der Waals surface area contributed by atoms with Crippen LogP contribution in [0.3, 0.4) is 0 Å². The second kappa shape index (κ2) is 10.4. The standard InChI is InChI=1S/C25H24BrFN8O4/c1-14(36)23-17-10-15(25(28)29-8-3-9-35(25)39)6-7-18(17)34(32-23)13-22(37)33-12-16(27)11-19(33)24(38)31-21-5-2-4-20(26)30-21/h2-10,16,19,35H,11-13,28H2,1H3,(H,30,31,38)/t16-,19+,25?/m1/s1. The molecule has 1 aromatic carbocycles. The number of ketones is 1. The highest BCUT2D eigenvalue weighted by molar-refractivity contribution is 9.10. The minimum Gasteiger partial charge on any atom is -0.626 e. The predicted octanol–water partition coefficient (Wildman–Crippen LogP) is 1.02. The van der Waals surface area contributed by atoms with Gasteiger partial charge in [0.15, 0.2) is 5.78 Å². The maximum absolute atomic E-state index is 14.4. The average molecular weight is 599 g/mol. The van der Waals surface area contributed by atoms with E-state index in [9.17, 15) is 24.0 Å². The third-order valence-electron chi connectivity index (χ3n) is 6.64. The fourth-order valence-corrected chi connectivity index (χ4v) is 5.05. The van der Waals surface area contributed by atoms with E-state index < -0.39 is 34.9 Å². The smallest absolute Gasteiger partial charge is 0.277 e. The van der Waals surface area contributed by atoms with Crippen LogP contribution in [-0.2, 0) is 21.9 Å². The van der Waals surface area contributed by atoms with Crippen molar-refractivity contribution in [3.05, 3.63) is 69.7 Å². The van der Waals surface area contributed by atoms with Crippen LogP contribution in [0.25, 0.3) is 10.9 Å². The Morgan fingerprint density at radius 3 is 2.82 bits per heavy atom. The Morgan fingerprint density at radius 1 is 1.31 bits per heavy atom. The normalized spacial score (nSPS) is 24.3. The van der Waals surface area contributed by atoms with Crippen LogP contribution in [0.5, 0.6) is 0 Å². The van der Waals surface area contributed by atoms with Crippen LogP contribution in [0.1, 0.15) is 29.4 Å². The highest BCUT2D eigenvalue weighted by Gasteiger charge is 2.40. The molecule has 5 rings (SSSR count). The van der Waals surface area contributed by atoms with E-state index in [4.69, 9.17) is 5.73 Å². The van der Waals surface area contributed by atoms with Gasteiger partial charge in [0.05, 0.1) is 23.8 Å². The van der Waals surface area contributed by atoms with Crippen molar-refractivity contribution in [1.29, 1.82) is 0 Å². The number of aliphatic imine (C=N–C) groups is 1. The van der Waals surface area contributed by atoms with Crippen LogP contribution in [0, 0.1) is 5.21 Å². The van der Waals surface area contributed by atoms with Gasteiger partial charge in [0, 0.05) is 31.0 Å². The predicted molar refractivity (Wildman–Crippen MR) is 143 cm³/mol. The summed E-state index contributed by atoms with van der Waals surface area (Å²) in [5.41, 5.74) is 7.14. The summed E-state index contributed by atoms with van der Waals surface area (Å²) in [6, 6.07) is 8.64. The number of carbonyl (C=O) groups is 3. The highest BCUT2D eigenvalue weighted by Crippen LogP contribution is 2.27. The zero-order valence-corrected chi connectivity index (χ0v) is 22.3. The van der Waals surface area contributed by atoms with E-state index >= 15 is 0 Å². The van der Waals surface area contributed by atoms with E-state index in [-0.39, 0.29) is 36.8 Å². The molecule has 2 unspecified atom stereocenters. The molecule has 2 aliphatic heterocycles. The zero-order chi connectivity index (χ0) is 27.9. The molecular formula is C25H24BrFN8O4. The number of fused-ring (bicyclic) bond motifs is 1. The lowest BCUT2D eigenvalue weighted by Gasteiger charge is -2.35. The third kappa shape index (κ3) is 5.11. The topological polar surface area (TPSA) is 163 Å².